The number of hydrogen-bond donors (Lipinski definition) is 0. The van der Waals surface area contributed by atoms with Gasteiger partial charge in [-0.25, -0.2) is 0 Å². The van der Waals surface area contributed by atoms with Crippen molar-refractivity contribution in [2.24, 2.45) is 11.3 Å². The third-order valence-corrected chi connectivity index (χ3v) is 4.68. The van der Waals surface area contributed by atoms with E-state index in [1.807, 2.05) is 36.4 Å². The van der Waals surface area contributed by atoms with E-state index in [1.165, 1.54) is 14.2 Å². The fraction of sp³-hybridized carbons (Fsp3) is 0.450. The Labute approximate surface area is 153 Å². The van der Waals surface area contributed by atoms with Crippen LogP contribution < -0.4 is 0 Å². The van der Waals surface area contributed by atoms with Crippen LogP contribution in [0, 0.1) is 11.3 Å². The van der Waals surface area contributed by atoms with E-state index in [0.29, 0.717) is 12.0 Å². The Bertz CT molecular complexity index is 676. The molecule has 1 unspecified atom stereocenters. The summed E-state index contributed by atoms with van der Waals surface area (Å²) in [5.41, 5.74) is -0.0308. The SMILES string of the molecule is CCOC(=O)C1C/C(=C\Cc2ccccc2)C(C(=O)OC)(C(=O)OC)C1. The largest absolute Gasteiger partial charge is 0.468 e. The summed E-state index contributed by atoms with van der Waals surface area (Å²) in [6, 6.07) is 9.64. The molecule has 1 saturated carbocycles. The smallest absolute Gasteiger partial charge is 0.327 e. The van der Waals surface area contributed by atoms with Crippen molar-refractivity contribution in [3.8, 4) is 0 Å². The molecule has 1 atom stereocenters. The van der Waals surface area contributed by atoms with Gasteiger partial charge in [0, 0.05) is 0 Å². The second-order valence-electron chi connectivity index (χ2n) is 6.16. The Hall–Kier alpha value is -2.63. The van der Waals surface area contributed by atoms with Crippen LogP contribution in [-0.4, -0.2) is 38.7 Å². The molecule has 0 amide bonds. The topological polar surface area (TPSA) is 78.9 Å². The molecular weight excluding hydrogens is 336 g/mol. The minimum absolute atomic E-state index is 0.00813. The van der Waals surface area contributed by atoms with Gasteiger partial charge in [0.15, 0.2) is 5.41 Å². The second kappa shape index (κ2) is 8.65. The molecule has 0 spiro atoms. The van der Waals surface area contributed by atoms with Crippen LogP contribution in [0.1, 0.15) is 25.3 Å². The zero-order valence-corrected chi connectivity index (χ0v) is 15.3. The molecule has 0 saturated heterocycles. The quantitative estimate of drug-likeness (QED) is 0.336. The molecule has 0 bridgehead atoms. The Kier molecular flexibility index (Phi) is 6.55. The summed E-state index contributed by atoms with van der Waals surface area (Å²) in [4.78, 5) is 37.4. The molecule has 0 heterocycles. The van der Waals surface area contributed by atoms with Gasteiger partial charge in [-0.05, 0) is 37.3 Å². The third kappa shape index (κ3) is 3.79. The van der Waals surface area contributed by atoms with Gasteiger partial charge >= 0.3 is 17.9 Å². The van der Waals surface area contributed by atoms with Crippen LogP contribution in [0.3, 0.4) is 0 Å². The molecule has 1 aliphatic rings. The lowest BCUT2D eigenvalue weighted by atomic mass is 9.81. The van der Waals surface area contributed by atoms with E-state index in [2.05, 4.69) is 0 Å². The highest BCUT2D eigenvalue weighted by atomic mass is 16.5. The van der Waals surface area contributed by atoms with Gasteiger partial charge in [0.1, 0.15) is 0 Å². The molecule has 0 radical (unpaired) electrons. The molecule has 0 aliphatic heterocycles. The van der Waals surface area contributed by atoms with Gasteiger partial charge in [-0.1, -0.05) is 36.4 Å². The maximum atomic E-state index is 12.6. The zero-order chi connectivity index (χ0) is 19.2. The summed E-state index contributed by atoms with van der Waals surface area (Å²) < 4.78 is 14.9. The molecule has 2 rings (SSSR count). The first-order valence-electron chi connectivity index (χ1n) is 8.56. The van der Waals surface area contributed by atoms with Gasteiger partial charge in [0.05, 0.1) is 26.7 Å². The summed E-state index contributed by atoms with van der Waals surface area (Å²) in [6.45, 7) is 1.95. The Balaban J connectivity index is 2.42. The fourth-order valence-corrected chi connectivity index (χ4v) is 3.41. The maximum absolute atomic E-state index is 12.6. The fourth-order valence-electron chi connectivity index (χ4n) is 3.41. The molecule has 1 aromatic rings. The number of allylic oxidation sites excluding steroid dienone is 1. The van der Waals surface area contributed by atoms with Crippen molar-refractivity contribution in [3.63, 3.8) is 0 Å². The monoisotopic (exact) mass is 360 g/mol. The first-order valence-corrected chi connectivity index (χ1v) is 8.56. The van der Waals surface area contributed by atoms with Crippen LogP contribution in [0.15, 0.2) is 42.0 Å². The Morgan fingerprint density at radius 3 is 2.27 bits per heavy atom. The number of benzene rings is 1. The van der Waals surface area contributed by atoms with Crippen molar-refractivity contribution in [1.82, 2.24) is 0 Å². The van der Waals surface area contributed by atoms with Crippen LogP contribution in [0.2, 0.25) is 0 Å². The van der Waals surface area contributed by atoms with E-state index in [9.17, 15) is 14.4 Å². The van der Waals surface area contributed by atoms with Crippen molar-refractivity contribution in [2.45, 2.75) is 26.2 Å². The van der Waals surface area contributed by atoms with Crippen LogP contribution in [0.25, 0.3) is 0 Å². The van der Waals surface area contributed by atoms with Gasteiger partial charge in [0.25, 0.3) is 0 Å². The minimum Gasteiger partial charge on any atom is -0.468 e. The first-order chi connectivity index (χ1) is 12.5. The lowest BCUT2D eigenvalue weighted by Gasteiger charge is -2.25. The maximum Gasteiger partial charge on any atom is 0.327 e. The Morgan fingerprint density at radius 2 is 1.73 bits per heavy atom. The standard InChI is InChI=1S/C20H24O6/c1-4-26-17(21)15-12-16(11-10-14-8-6-5-7-9-14)20(13-15,18(22)24-2)19(23)25-3/h5-9,11,15H,4,10,12-13H2,1-3H3/b16-11+. The van der Waals surface area contributed by atoms with Gasteiger partial charge in [-0.3, -0.25) is 14.4 Å². The van der Waals surface area contributed by atoms with E-state index in [1.54, 1.807) is 6.92 Å². The Morgan fingerprint density at radius 1 is 1.12 bits per heavy atom. The highest BCUT2D eigenvalue weighted by Crippen LogP contribution is 2.48. The van der Waals surface area contributed by atoms with Crippen LogP contribution in [0.4, 0.5) is 0 Å². The first kappa shape index (κ1) is 19.7. The number of hydrogen-bond acceptors (Lipinski definition) is 6. The molecule has 0 N–H and O–H groups in total. The number of carbonyl (C=O) groups is 3. The number of carbonyl (C=O) groups excluding carboxylic acids is 3. The van der Waals surface area contributed by atoms with Crippen molar-refractivity contribution in [1.29, 1.82) is 0 Å². The molecule has 26 heavy (non-hydrogen) atoms. The summed E-state index contributed by atoms with van der Waals surface area (Å²) in [5.74, 6) is -2.44. The van der Waals surface area contributed by atoms with E-state index in [-0.39, 0.29) is 19.4 Å². The van der Waals surface area contributed by atoms with Crippen LogP contribution in [-0.2, 0) is 35.0 Å². The van der Waals surface area contributed by atoms with E-state index in [0.717, 1.165) is 5.56 Å². The molecule has 140 valence electrons. The van der Waals surface area contributed by atoms with Crippen molar-refractivity contribution in [2.75, 3.05) is 20.8 Å². The predicted molar refractivity (Wildman–Crippen MR) is 94.1 cm³/mol. The van der Waals surface area contributed by atoms with Crippen LogP contribution >= 0.6 is 0 Å². The molecule has 1 fully saturated rings. The molecule has 1 aromatic carbocycles. The third-order valence-electron chi connectivity index (χ3n) is 4.68. The average molecular weight is 360 g/mol. The predicted octanol–water partition coefficient (Wildman–Crippen LogP) is 2.46. The van der Waals surface area contributed by atoms with E-state index < -0.39 is 29.2 Å². The number of esters is 3. The summed E-state index contributed by atoms with van der Waals surface area (Å²) >= 11 is 0. The van der Waals surface area contributed by atoms with Gasteiger partial charge in [-0.2, -0.15) is 0 Å². The lowest BCUT2D eigenvalue weighted by molar-refractivity contribution is -0.166. The van der Waals surface area contributed by atoms with Crippen molar-refractivity contribution in [3.05, 3.63) is 47.5 Å². The molecule has 1 aliphatic carbocycles. The normalized spacial score (nSPS) is 19.8. The summed E-state index contributed by atoms with van der Waals surface area (Å²) in [7, 11) is 2.44. The van der Waals surface area contributed by atoms with Gasteiger partial charge in [-0.15, -0.1) is 0 Å². The second-order valence-corrected chi connectivity index (χ2v) is 6.16. The minimum atomic E-state index is -1.60. The molecule has 6 nitrogen and oxygen atoms in total. The zero-order valence-electron chi connectivity index (χ0n) is 15.3. The highest BCUT2D eigenvalue weighted by molar-refractivity contribution is 6.05. The van der Waals surface area contributed by atoms with Crippen molar-refractivity contribution >= 4 is 17.9 Å². The van der Waals surface area contributed by atoms with Gasteiger partial charge < -0.3 is 14.2 Å². The average Bonchev–Trinajstić information content (AvgIpc) is 3.07. The number of methoxy groups -OCH3 is 2. The van der Waals surface area contributed by atoms with Crippen molar-refractivity contribution < 1.29 is 28.6 Å². The molecule has 6 heteroatoms. The number of rotatable bonds is 6. The number of ether oxygens (including phenoxy) is 3. The lowest BCUT2D eigenvalue weighted by Crippen LogP contribution is -2.41. The van der Waals surface area contributed by atoms with E-state index in [4.69, 9.17) is 14.2 Å². The summed E-state index contributed by atoms with van der Waals surface area (Å²) in [6.07, 6.45) is 2.60. The van der Waals surface area contributed by atoms with E-state index >= 15 is 0 Å². The molecular formula is C20H24O6. The highest BCUT2D eigenvalue weighted by Gasteiger charge is 2.58. The van der Waals surface area contributed by atoms with Gasteiger partial charge in [0.2, 0.25) is 0 Å². The molecule has 0 aromatic heterocycles. The summed E-state index contributed by atoms with van der Waals surface area (Å²) in [5, 5.41) is 0. The van der Waals surface area contributed by atoms with Crippen LogP contribution in [0.5, 0.6) is 0 Å².